The van der Waals surface area contributed by atoms with Crippen LogP contribution in [0.25, 0.3) is 0 Å². The molecule has 5 N–H and O–H groups in total. The molecule has 32 heavy (non-hydrogen) atoms. The number of nitrogens with one attached hydrogen (secondary N) is 3. The molecule has 0 saturated carbocycles. The molecule has 2 amide bonds. The third-order valence-electron chi connectivity index (χ3n) is 5.02. The molecule has 2 heterocycles. The maximum atomic E-state index is 13.8. The highest BCUT2D eigenvalue weighted by atomic mass is 35.5. The first-order valence-electron chi connectivity index (χ1n) is 9.92. The molecule has 8 nitrogen and oxygen atoms in total. The number of anilines is 2. The number of rotatable bonds is 4. The van der Waals surface area contributed by atoms with Crippen LogP contribution in [0.15, 0.2) is 30.3 Å². The minimum Gasteiger partial charge on any atom is -0.370 e. The largest absolute Gasteiger partial charge is 0.370 e. The Labute approximate surface area is 188 Å². The van der Waals surface area contributed by atoms with Crippen LogP contribution in [0, 0.1) is 12.3 Å². The predicted molar refractivity (Wildman–Crippen MR) is 119 cm³/mol. The smallest absolute Gasteiger partial charge is 0.259 e. The highest BCUT2D eigenvalue weighted by molar-refractivity contribution is 6.31. The molecule has 0 aliphatic carbocycles. The van der Waals surface area contributed by atoms with E-state index < -0.39 is 23.7 Å². The van der Waals surface area contributed by atoms with Crippen molar-refractivity contribution in [1.29, 1.82) is 5.41 Å². The van der Waals surface area contributed by atoms with Gasteiger partial charge >= 0.3 is 0 Å². The summed E-state index contributed by atoms with van der Waals surface area (Å²) in [5, 5.41) is 12.3. The quantitative estimate of drug-likeness (QED) is 0.407. The molecular formula is C21H23ClF2N6O2. The number of pyridine rings is 1. The highest BCUT2D eigenvalue weighted by Gasteiger charge is 2.33. The van der Waals surface area contributed by atoms with Crippen LogP contribution in [0.5, 0.6) is 0 Å². The fourth-order valence-electron chi connectivity index (χ4n) is 3.38. The molecule has 170 valence electrons. The molecule has 1 aliphatic heterocycles. The van der Waals surface area contributed by atoms with Crippen LogP contribution < -0.4 is 21.3 Å². The second-order valence-corrected chi connectivity index (χ2v) is 7.93. The van der Waals surface area contributed by atoms with Crippen molar-refractivity contribution in [2.75, 3.05) is 23.3 Å². The number of aryl methyl sites for hydroxylation is 1. The van der Waals surface area contributed by atoms with Gasteiger partial charge in [-0.15, -0.1) is 0 Å². The average molecular weight is 465 g/mol. The van der Waals surface area contributed by atoms with Crippen molar-refractivity contribution >= 4 is 40.9 Å². The Bertz CT molecular complexity index is 1060. The number of carbonyl (C=O) groups is 2. The maximum absolute atomic E-state index is 13.8. The lowest BCUT2D eigenvalue weighted by molar-refractivity contribution is -0.0102. The summed E-state index contributed by atoms with van der Waals surface area (Å²) < 4.78 is 27.6. The van der Waals surface area contributed by atoms with Crippen LogP contribution in [0.4, 0.5) is 20.3 Å². The summed E-state index contributed by atoms with van der Waals surface area (Å²) in [6.45, 7) is 2.07. The maximum Gasteiger partial charge on any atom is 0.259 e. The molecule has 0 bridgehead atoms. The van der Waals surface area contributed by atoms with E-state index in [1.165, 1.54) is 18.2 Å². The second-order valence-electron chi connectivity index (χ2n) is 7.53. The number of alkyl halides is 2. The van der Waals surface area contributed by atoms with Crippen molar-refractivity contribution in [2.24, 2.45) is 5.73 Å². The number of hydrogen-bond acceptors (Lipinski definition) is 5. The second kappa shape index (κ2) is 9.47. The van der Waals surface area contributed by atoms with Crippen LogP contribution in [-0.4, -0.2) is 41.8 Å². The number of amides is 2. The minimum absolute atomic E-state index is 0.0576. The van der Waals surface area contributed by atoms with E-state index in [9.17, 15) is 18.4 Å². The predicted octanol–water partition coefficient (Wildman–Crippen LogP) is 3.54. The van der Waals surface area contributed by atoms with E-state index in [0.29, 0.717) is 17.9 Å². The van der Waals surface area contributed by atoms with E-state index in [-0.39, 0.29) is 47.8 Å². The molecule has 1 aromatic carbocycles. The van der Waals surface area contributed by atoms with E-state index in [4.69, 9.17) is 22.7 Å². The van der Waals surface area contributed by atoms with Crippen molar-refractivity contribution in [3.05, 3.63) is 52.2 Å². The van der Waals surface area contributed by atoms with Gasteiger partial charge < -0.3 is 16.0 Å². The third kappa shape index (κ3) is 5.70. The lowest BCUT2D eigenvalue weighted by Gasteiger charge is -2.24. The Morgan fingerprint density at radius 2 is 1.97 bits per heavy atom. The molecule has 3 rings (SSSR count). The molecule has 1 aliphatic rings. The van der Waals surface area contributed by atoms with Gasteiger partial charge in [-0.05, 0) is 37.6 Å². The normalized spacial score (nSPS) is 15.6. The number of aromatic nitrogens is 1. The first-order chi connectivity index (χ1) is 15.1. The zero-order chi connectivity index (χ0) is 23.5. The summed E-state index contributed by atoms with van der Waals surface area (Å²) in [7, 11) is 0. The summed E-state index contributed by atoms with van der Waals surface area (Å²) in [6.07, 6.45) is -0.276. The minimum atomic E-state index is -2.75. The summed E-state index contributed by atoms with van der Waals surface area (Å²) in [5.74, 6) is -4.11. The van der Waals surface area contributed by atoms with Crippen molar-refractivity contribution in [2.45, 2.75) is 32.1 Å². The topological polar surface area (TPSA) is 124 Å². The molecule has 0 unspecified atom stereocenters. The fourth-order valence-corrected chi connectivity index (χ4v) is 3.53. The van der Waals surface area contributed by atoms with Gasteiger partial charge in [0, 0.05) is 37.2 Å². The van der Waals surface area contributed by atoms with Crippen molar-refractivity contribution in [3.63, 3.8) is 0 Å². The molecule has 0 atom stereocenters. The molecule has 1 aromatic heterocycles. The average Bonchev–Trinajstić information content (AvgIpc) is 2.89. The van der Waals surface area contributed by atoms with E-state index >= 15 is 0 Å². The number of guanidine groups is 1. The first kappa shape index (κ1) is 23.4. The first-order valence-corrected chi connectivity index (χ1v) is 10.3. The SMILES string of the molecule is Cc1nc(N2CCCC(F)(F)CC2)c(C(=O)Nc2cccc(C(=O)NC(=N)N)c2)cc1Cl. The monoisotopic (exact) mass is 464 g/mol. The highest BCUT2D eigenvalue weighted by Crippen LogP contribution is 2.32. The lowest BCUT2D eigenvalue weighted by atomic mass is 10.1. The van der Waals surface area contributed by atoms with Crippen molar-refractivity contribution in [1.82, 2.24) is 10.3 Å². The van der Waals surface area contributed by atoms with Gasteiger partial charge in [-0.25, -0.2) is 13.8 Å². The van der Waals surface area contributed by atoms with Gasteiger partial charge in [0.05, 0.1) is 16.3 Å². The Kier molecular flexibility index (Phi) is 6.93. The van der Waals surface area contributed by atoms with Gasteiger partial charge in [0.25, 0.3) is 11.8 Å². The van der Waals surface area contributed by atoms with Gasteiger partial charge in [-0.3, -0.25) is 20.3 Å². The molecule has 1 fully saturated rings. The van der Waals surface area contributed by atoms with Gasteiger partial charge in [-0.2, -0.15) is 0 Å². The molecule has 2 aromatic rings. The fraction of sp³-hybridized carbons (Fsp3) is 0.333. The van der Waals surface area contributed by atoms with Crippen LogP contribution in [0.2, 0.25) is 5.02 Å². The molecule has 11 heteroatoms. The number of carbonyl (C=O) groups excluding carboxylic acids is 2. The Hall–Kier alpha value is -3.27. The van der Waals surface area contributed by atoms with E-state index in [1.54, 1.807) is 24.0 Å². The van der Waals surface area contributed by atoms with Gasteiger partial charge in [-0.1, -0.05) is 17.7 Å². The zero-order valence-corrected chi connectivity index (χ0v) is 18.1. The van der Waals surface area contributed by atoms with Crippen LogP contribution in [0.3, 0.4) is 0 Å². The van der Waals surface area contributed by atoms with Gasteiger partial charge in [0.15, 0.2) is 5.96 Å². The Balaban J connectivity index is 1.88. The standard InChI is InChI=1S/C21H23ClF2N6O2/c1-12-16(22)11-15(17(27-12)30-8-3-6-21(23,24)7-9-30)19(32)28-14-5-2-4-13(10-14)18(31)29-20(25)26/h2,4-5,10-11H,3,6-9H2,1H3,(H,28,32)(H4,25,26,29,31). The van der Waals surface area contributed by atoms with E-state index in [0.717, 1.165) is 0 Å². The summed E-state index contributed by atoms with van der Waals surface area (Å²) in [5.41, 5.74) is 6.31. The van der Waals surface area contributed by atoms with Crippen molar-refractivity contribution in [3.8, 4) is 0 Å². The Morgan fingerprint density at radius 3 is 2.69 bits per heavy atom. The molecule has 0 spiro atoms. The van der Waals surface area contributed by atoms with E-state index in [1.807, 2.05) is 0 Å². The van der Waals surface area contributed by atoms with Crippen LogP contribution in [0.1, 0.15) is 45.7 Å². The summed E-state index contributed by atoms with van der Waals surface area (Å²) in [6, 6.07) is 7.52. The van der Waals surface area contributed by atoms with Crippen LogP contribution >= 0.6 is 11.6 Å². The number of benzene rings is 1. The van der Waals surface area contributed by atoms with Gasteiger partial charge in [0.2, 0.25) is 5.92 Å². The summed E-state index contributed by atoms with van der Waals surface area (Å²) >= 11 is 6.20. The van der Waals surface area contributed by atoms with E-state index in [2.05, 4.69) is 15.6 Å². The molecule has 1 saturated heterocycles. The number of halogens is 3. The van der Waals surface area contributed by atoms with Crippen LogP contribution in [-0.2, 0) is 0 Å². The molecular weight excluding hydrogens is 442 g/mol. The third-order valence-corrected chi connectivity index (χ3v) is 5.41. The lowest BCUT2D eigenvalue weighted by Crippen LogP contribution is -2.35. The number of nitrogens with two attached hydrogens (primary N) is 1. The zero-order valence-electron chi connectivity index (χ0n) is 17.3. The summed E-state index contributed by atoms with van der Waals surface area (Å²) in [4.78, 5) is 31.2. The van der Waals surface area contributed by atoms with Crippen molar-refractivity contribution < 1.29 is 18.4 Å². The van der Waals surface area contributed by atoms with Gasteiger partial charge in [0.1, 0.15) is 5.82 Å². The Morgan fingerprint density at radius 1 is 1.22 bits per heavy atom. The molecule has 0 radical (unpaired) electrons. The number of nitrogens with zero attached hydrogens (tertiary/aromatic N) is 2. The number of hydrogen-bond donors (Lipinski definition) is 4.